The zero-order valence-electron chi connectivity index (χ0n) is 15.1. The number of aromatic nitrogens is 2. The van der Waals surface area contributed by atoms with Gasteiger partial charge >= 0.3 is 0 Å². The molecule has 1 aromatic carbocycles. The Labute approximate surface area is 145 Å². The molecule has 0 aliphatic carbocycles. The zero-order chi connectivity index (χ0) is 16.9. The molecule has 4 nitrogen and oxygen atoms in total. The maximum atomic E-state index is 4.89. The molecule has 3 rings (SSSR count). The summed E-state index contributed by atoms with van der Waals surface area (Å²) in [4.78, 5) is 14.2. The average Bonchev–Trinajstić information content (AvgIpc) is 2.60. The van der Waals surface area contributed by atoms with Gasteiger partial charge in [-0.05, 0) is 38.2 Å². The smallest absolute Gasteiger partial charge is 0.227 e. The Morgan fingerprint density at radius 1 is 1.12 bits per heavy atom. The van der Waals surface area contributed by atoms with Gasteiger partial charge in [-0.3, -0.25) is 0 Å². The SMILES string of the molecule is CCN(Cc1ccccc1)c1nc(C)cc(N2CCC(C)CC2)n1. The molecule has 0 spiro atoms. The minimum Gasteiger partial charge on any atom is -0.356 e. The van der Waals surface area contributed by atoms with Crippen LogP contribution in [0.4, 0.5) is 11.8 Å². The number of hydrogen-bond acceptors (Lipinski definition) is 4. The van der Waals surface area contributed by atoms with E-state index in [1.54, 1.807) is 0 Å². The molecule has 0 bridgehead atoms. The molecule has 1 fully saturated rings. The van der Waals surface area contributed by atoms with Crippen molar-refractivity contribution >= 4 is 11.8 Å². The van der Waals surface area contributed by atoms with Crippen LogP contribution in [0.15, 0.2) is 36.4 Å². The van der Waals surface area contributed by atoms with Crippen molar-refractivity contribution in [2.75, 3.05) is 29.4 Å². The van der Waals surface area contributed by atoms with Crippen LogP contribution >= 0.6 is 0 Å². The van der Waals surface area contributed by atoms with E-state index >= 15 is 0 Å². The van der Waals surface area contributed by atoms with E-state index < -0.39 is 0 Å². The number of hydrogen-bond donors (Lipinski definition) is 0. The molecule has 0 saturated carbocycles. The maximum Gasteiger partial charge on any atom is 0.227 e. The molecule has 1 aromatic heterocycles. The van der Waals surface area contributed by atoms with Crippen molar-refractivity contribution in [2.45, 2.75) is 40.2 Å². The van der Waals surface area contributed by atoms with Crippen molar-refractivity contribution in [1.29, 1.82) is 0 Å². The summed E-state index contributed by atoms with van der Waals surface area (Å²) in [5, 5.41) is 0. The van der Waals surface area contributed by atoms with Crippen LogP contribution in [0.2, 0.25) is 0 Å². The van der Waals surface area contributed by atoms with Gasteiger partial charge in [0.2, 0.25) is 5.95 Å². The van der Waals surface area contributed by atoms with Crippen LogP contribution in [0.5, 0.6) is 0 Å². The van der Waals surface area contributed by atoms with E-state index in [9.17, 15) is 0 Å². The van der Waals surface area contributed by atoms with Gasteiger partial charge in [0.05, 0.1) is 0 Å². The highest BCUT2D eigenvalue weighted by Crippen LogP contribution is 2.24. The highest BCUT2D eigenvalue weighted by molar-refractivity contribution is 5.46. The van der Waals surface area contributed by atoms with Crippen molar-refractivity contribution in [1.82, 2.24) is 9.97 Å². The summed E-state index contributed by atoms with van der Waals surface area (Å²) in [5.41, 5.74) is 2.33. The maximum absolute atomic E-state index is 4.89. The van der Waals surface area contributed by atoms with Gasteiger partial charge < -0.3 is 9.80 Å². The Morgan fingerprint density at radius 3 is 2.50 bits per heavy atom. The van der Waals surface area contributed by atoms with Gasteiger partial charge in [0.25, 0.3) is 0 Å². The van der Waals surface area contributed by atoms with Crippen LogP contribution < -0.4 is 9.80 Å². The Morgan fingerprint density at radius 2 is 1.83 bits per heavy atom. The summed E-state index contributed by atoms with van der Waals surface area (Å²) in [6.07, 6.45) is 2.50. The first kappa shape index (κ1) is 16.7. The molecule has 0 amide bonds. The lowest BCUT2D eigenvalue weighted by molar-refractivity contribution is 0.436. The topological polar surface area (TPSA) is 32.3 Å². The second kappa shape index (κ2) is 7.65. The fraction of sp³-hybridized carbons (Fsp3) is 0.500. The molecular formula is C20H28N4. The van der Waals surface area contributed by atoms with Gasteiger partial charge in [0.1, 0.15) is 5.82 Å². The summed E-state index contributed by atoms with van der Waals surface area (Å²) in [6.45, 7) is 10.5. The first-order chi connectivity index (χ1) is 11.7. The fourth-order valence-corrected chi connectivity index (χ4v) is 3.21. The van der Waals surface area contributed by atoms with Gasteiger partial charge in [0.15, 0.2) is 0 Å². The van der Waals surface area contributed by atoms with Gasteiger partial charge in [-0.2, -0.15) is 4.98 Å². The molecule has 2 heterocycles. The third kappa shape index (κ3) is 4.05. The molecule has 24 heavy (non-hydrogen) atoms. The number of anilines is 2. The summed E-state index contributed by atoms with van der Waals surface area (Å²) in [6, 6.07) is 12.7. The van der Waals surface area contributed by atoms with Crippen LogP contribution in [0.1, 0.15) is 37.9 Å². The van der Waals surface area contributed by atoms with Crippen molar-refractivity contribution in [3.63, 3.8) is 0 Å². The molecule has 128 valence electrons. The molecule has 0 unspecified atom stereocenters. The number of nitrogens with zero attached hydrogens (tertiary/aromatic N) is 4. The normalized spacial score (nSPS) is 15.5. The molecule has 0 N–H and O–H groups in total. The van der Waals surface area contributed by atoms with Crippen LogP contribution in [-0.4, -0.2) is 29.6 Å². The third-order valence-corrected chi connectivity index (χ3v) is 4.82. The minimum absolute atomic E-state index is 0.828. The fourth-order valence-electron chi connectivity index (χ4n) is 3.21. The van der Waals surface area contributed by atoms with Crippen molar-refractivity contribution < 1.29 is 0 Å². The summed E-state index contributed by atoms with van der Waals surface area (Å²) in [5.74, 6) is 2.75. The first-order valence-electron chi connectivity index (χ1n) is 9.05. The highest BCUT2D eigenvalue weighted by Gasteiger charge is 2.19. The predicted octanol–water partition coefficient (Wildman–Crippen LogP) is 4.05. The molecule has 1 aliphatic rings. The predicted molar refractivity (Wildman–Crippen MR) is 101 cm³/mol. The second-order valence-electron chi connectivity index (χ2n) is 6.84. The van der Waals surface area contributed by atoms with Crippen LogP contribution in [0.25, 0.3) is 0 Å². The third-order valence-electron chi connectivity index (χ3n) is 4.82. The first-order valence-corrected chi connectivity index (χ1v) is 9.05. The van der Waals surface area contributed by atoms with Crippen molar-refractivity contribution in [2.24, 2.45) is 5.92 Å². The highest BCUT2D eigenvalue weighted by atomic mass is 15.3. The average molecular weight is 324 g/mol. The van der Waals surface area contributed by atoms with Gasteiger partial charge in [0, 0.05) is 37.9 Å². The lowest BCUT2D eigenvalue weighted by Crippen LogP contribution is -2.34. The molecule has 1 aliphatic heterocycles. The Hall–Kier alpha value is -2.10. The van der Waals surface area contributed by atoms with E-state index in [2.05, 4.69) is 67.0 Å². The van der Waals surface area contributed by atoms with E-state index in [0.29, 0.717) is 0 Å². The van der Waals surface area contributed by atoms with E-state index in [4.69, 9.17) is 9.97 Å². The molecule has 2 aromatic rings. The quantitative estimate of drug-likeness (QED) is 0.830. The van der Waals surface area contributed by atoms with E-state index in [1.807, 2.05) is 0 Å². The largest absolute Gasteiger partial charge is 0.356 e. The van der Waals surface area contributed by atoms with Gasteiger partial charge in [-0.25, -0.2) is 4.98 Å². The lowest BCUT2D eigenvalue weighted by atomic mass is 9.99. The second-order valence-corrected chi connectivity index (χ2v) is 6.84. The molecule has 4 heteroatoms. The van der Waals surface area contributed by atoms with Crippen molar-refractivity contribution in [3.8, 4) is 0 Å². The van der Waals surface area contributed by atoms with Gasteiger partial charge in [-0.15, -0.1) is 0 Å². The number of rotatable bonds is 5. The zero-order valence-corrected chi connectivity index (χ0v) is 15.1. The Balaban J connectivity index is 1.81. The summed E-state index contributed by atoms with van der Waals surface area (Å²) in [7, 11) is 0. The van der Waals surface area contributed by atoms with Crippen LogP contribution in [-0.2, 0) is 6.54 Å². The summed E-state index contributed by atoms with van der Waals surface area (Å²) < 4.78 is 0. The Bertz CT molecular complexity index is 648. The number of aryl methyl sites for hydroxylation is 1. The summed E-state index contributed by atoms with van der Waals surface area (Å²) >= 11 is 0. The Kier molecular flexibility index (Phi) is 5.34. The number of piperidine rings is 1. The van der Waals surface area contributed by atoms with E-state index in [1.165, 1.54) is 18.4 Å². The van der Waals surface area contributed by atoms with Crippen LogP contribution in [0.3, 0.4) is 0 Å². The van der Waals surface area contributed by atoms with E-state index in [-0.39, 0.29) is 0 Å². The molecule has 0 atom stereocenters. The standard InChI is InChI=1S/C20H28N4/c1-4-23(15-18-8-6-5-7-9-18)20-21-17(3)14-19(22-20)24-12-10-16(2)11-13-24/h5-9,14,16H,4,10-13,15H2,1-3H3. The van der Waals surface area contributed by atoms with Crippen molar-refractivity contribution in [3.05, 3.63) is 47.7 Å². The van der Waals surface area contributed by atoms with E-state index in [0.717, 1.165) is 49.6 Å². The number of benzene rings is 1. The molecule has 1 saturated heterocycles. The van der Waals surface area contributed by atoms with Gasteiger partial charge in [-0.1, -0.05) is 37.3 Å². The van der Waals surface area contributed by atoms with Crippen LogP contribution in [0, 0.1) is 12.8 Å². The lowest BCUT2D eigenvalue weighted by Gasteiger charge is -2.32. The molecular weight excluding hydrogens is 296 g/mol. The monoisotopic (exact) mass is 324 g/mol. The minimum atomic E-state index is 0.828. The molecule has 0 radical (unpaired) electrons.